The molecule has 0 aromatic heterocycles. The Balaban J connectivity index is 1.11. The number of aliphatic hydroxyl groups is 1. The van der Waals surface area contributed by atoms with Crippen LogP contribution in [0.3, 0.4) is 0 Å². The van der Waals surface area contributed by atoms with Crippen LogP contribution in [0.15, 0.2) is 12.2 Å². The molecule has 7 heteroatoms. The summed E-state index contributed by atoms with van der Waals surface area (Å²) < 4.78 is 30.0. The summed E-state index contributed by atoms with van der Waals surface area (Å²) in [6.07, 6.45) is 13.6. The highest BCUT2D eigenvalue weighted by Gasteiger charge is 2.66. The Labute approximate surface area is 234 Å². The SMILES string of the molecule is COC(=O)/C=C/[C@H]1CC[C@]2(O)[C@@H]3CC[C@@H]4C[C@@H](O[C@@H]5C[C@@H]6OC(C)(C)O[C@@H]6[C@@H](C)O5)CC[C@]4(C)[C@H]3CC[C@]12C. The molecule has 0 unspecified atom stereocenters. The van der Waals surface area contributed by atoms with Gasteiger partial charge in [-0.3, -0.25) is 0 Å². The van der Waals surface area contributed by atoms with Crippen molar-refractivity contribution in [2.24, 2.45) is 34.5 Å². The summed E-state index contributed by atoms with van der Waals surface area (Å²) in [6, 6.07) is 0. The minimum Gasteiger partial charge on any atom is -0.466 e. The molecule has 0 radical (unpaired) electrons. The predicted molar refractivity (Wildman–Crippen MR) is 145 cm³/mol. The van der Waals surface area contributed by atoms with Gasteiger partial charge in [0, 0.05) is 17.9 Å². The fraction of sp³-hybridized carbons (Fsp3) is 0.906. The lowest BCUT2D eigenvalue weighted by Crippen LogP contribution is -2.62. The lowest BCUT2D eigenvalue weighted by molar-refractivity contribution is -0.257. The van der Waals surface area contributed by atoms with Crippen LogP contribution in [0.4, 0.5) is 0 Å². The van der Waals surface area contributed by atoms with Gasteiger partial charge in [0.15, 0.2) is 12.1 Å². The van der Waals surface area contributed by atoms with Crippen molar-refractivity contribution in [3.8, 4) is 0 Å². The van der Waals surface area contributed by atoms with E-state index in [-0.39, 0.29) is 53.4 Å². The molecule has 4 aliphatic carbocycles. The number of carbonyl (C=O) groups excluding carboxylic acids is 1. The molecule has 220 valence electrons. The molecule has 7 nitrogen and oxygen atoms in total. The van der Waals surface area contributed by atoms with Gasteiger partial charge in [0.05, 0.1) is 31.0 Å². The second kappa shape index (κ2) is 9.79. The summed E-state index contributed by atoms with van der Waals surface area (Å²) in [4.78, 5) is 11.8. The Bertz CT molecular complexity index is 980. The quantitative estimate of drug-likeness (QED) is 0.282. The van der Waals surface area contributed by atoms with Crippen molar-refractivity contribution in [3.05, 3.63) is 12.2 Å². The number of carbonyl (C=O) groups is 1. The second-order valence-corrected chi connectivity index (χ2v) is 14.6. The van der Waals surface area contributed by atoms with Crippen molar-refractivity contribution in [1.82, 2.24) is 0 Å². The van der Waals surface area contributed by atoms with Crippen molar-refractivity contribution < 1.29 is 33.6 Å². The van der Waals surface area contributed by atoms with Crippen LogP contribution in [0.5, 0.6) is 0 Å². The third-order valence-electron chi connectivity index (χ3n) is 12.4. The van der Waals surface area contributed by atoms with Crippen molar-refractivity contribution >= 4 is 5.97 Å². The van der Waals surface area contributed by atoms with E-state index in [1.54, 1.807) is 6.08 Å². The van der Waals surface area contributed by atoms with Gasteiger partial charge in [-0.05, 0) is 108 Å². The third-order valence-corrected chi connectivity index (χ3v) is 12.4. The standard InChI is InChI=1S/C32H50O7/c1-19-28-25(38-29(2,3)39-28)18-27(36-19)37-22-12-14-30(4)21(17-22)7-9-24-23(30)13-15-31(5)20(8-10-26(33)35-6)11-16-32(24,31)34/h8,10,19-25,27-28,34H,7,9,11-18H2,1-6H3/b10-8+/t19-,20+,21-,22+,23+,24-,25+,27-,28-,30+,31-,32+/m1/s1. The van der Waals surface area contributed by atoms with E-state index in [1.165, 1.54) is 7.11 Å². The Hall–Kier alpha value is -0.990. The minimum atomic E-state index is -0.665. The van der Waals surface area contributed by atoms with Gasteiger partial charge < -0.3 is 28.8 Å². The largest absolute Gasteiger partial charge is 0.466 e. The zero-order valence-electron chi connectivity index (χ0n) is 24.8. The number of methoxy groups -OCH3 is 1. The van der Waals surface area contributed by atoms with Gasteiger partial charge in [0.1, 0.15) is 6.10 Å². The summed E-state index contributed by atoms with van der Waals surface area (Å²) >= 11 is 0. The lowest BCUT2D eigenvalue weighted by Gasteiger charge is -2.63. The van der Waals surface area contributed by atoms with Gasteiger partial charge in [0.2, 0.25) is 0 Å². The zero-order chi connectivity index (χ0) is 27.8. The molecule has 2 saturated heterocycles. The number of allylic oxidation sites excluding steroid dienone is 1. The van der Waals surface area contributed by atoms with E-state index in [0.29, 0.717) is 17.8 Å². The number of fused-ring (bicyclic) bond motifs is 6. The molecule has 2 heterocycles. The highest BCUT2D eigenvalue weighted by Crippen LogP contribution is 2.69. The minimum absolute atomic E-state index is 0.0213. The van der Waals surface area contributed by atoms with Crippen molar-refractivity contribution in [3.63, 3.8) is 0 Å². The Kier molecular flexibility index (Phi) is 7.07. The average Bonchev–Trinajstić information content (AvgIpc) is 3.34. The summed E-state index contributed by atoms with van der Waals surface area (Å²) in [5.41, 5.74) is -0.615. The van der Waals surface area contributed by atoms with E-state index in [9.17, 15) is 9.90 Å². The van der Waals surface area contributed by atoms with E-state index >= 15 is 0 Å². The summed E-state index contributed by atoms with van der Waals surface area (Å²) in [5.74, 6) is 0.820. The molecule has 0 amide bonds. The smallest absolute Gasteiger partial charge is 0.330 e. The molecule has 39 heavy (non-hydrogen) atoms. The number of rotatable bonds is 4. The molecule has 0 aromatic rings. The van der Waals surface area contributed by atoms with E-state index < -0.39 is 11.4 Å². The van der Waals surface area contributed by atoms with Crippen LogP contribution >= 0.6 is 0 Å². The normalized spacial score (nSPS) is 52.5. The number of hydrogen-bond donors (Lipinski definition) is 1. The average molecular weight is 547 g/mol. The van der Waals surface area contributed by atoms with Crippen LogP contribution in [0.1, 0.15) is 98.8 Å². The van der Waals surface area contributed by atoms with Gasteiger partial charge in [-0.15, -0.1) is 0 Å². The maximum Gasteiger partial charge on any atom is 0.330 e. The molecule has 6 rings (SSSR count). The molecule has 6 fully saturated rings. The molecule has 0 aromatic carbocycles. The molecule has 4 saturated carbocycles. The molecule has 2 aliphatic heterocycles. The Morgan fingerprint density at radius 3 is 2.51 bits per heavy atom. The summed E-state index contributed by atoms with van der Waals surface area (Å²) in [7, 11) is 1.42. The van der Waals surface area contributed by atoms with Crippen molar-refractivity contribution in [2.75, 3.05) is 7.11 Å². The maximum absolute atomic E-state index is 12.4. The second-order valence-electron chi connectivity index (χ2n) is 14.6. The van der Waals surface area contributed by atoms with Gasteiger partial charge in [-0.1, -0.05) is 19.9 Å². The fourth-order valence-electron chi connectivity index (χ4n) is 10.2. The first-order chi connectivity index (χ1) is 18.4. The van der Waals surface area contributed by atoms with Crippen LogP contribution < -0.4 is 0 Å². The van der Waals surface area contributed by atoms with Crippen LogP contribution in [-0.4, -0.2) is 60.3 Å². The monoisotopic (exact) mass is 546 g/mol. The van der Waals surface area contributed by atoms with Crippen molar-refractivity contribution in [1.29, 1.82) is 0 Å². The highest BCUT2D eigenvalue weighted by molar-refractivity contribution is 5.81. The predicted octanol–water partition coefficient (Wildman–Crippen LogP) is 5.53. The molecule has 12 atom stereocenters. The van der Waals surface area contributed by atoms with Gasteiger partial charge >= 0.3 is 5.97 Å². The molecule has 0 bridgehead atoms. The molecule has 0 spiro atoms. The number of hydrogen-bond acceptors (Lipinski definition) is 7. The van der Waals surface area contributed by atoms with Gasteiger partial charge in [0.25, 0.3) is 0 Å². The first-order valence-corrected chi connectivity index (χ1v) is 15.5. The molecule has 6 aliphatic rings. The Morgan fingerprint density at radius 2 is 1.74 bits per heavy atom. The van der Waals surface area contributed by atoms with Crippen LogP contribution in [0.2, 0.25) is 0 Å². The topological polar surface area (TPSA) is 83.5 Å². The summed E-state index contributed by atoms with van der Waals surface area (Å²) in [6.45, 7) is 10.8. The van der Waals surface area contributed by atoms with Crippen LogP contribution in [-0.2, 0) is 28.5 Å². The summed E-state index contributed by atoms with van der Waals surface area (Å²) in [5, 5.41) is 12.4. The van der Waals surface area contributed by atoms with E-state index in [4.69, 9.17) is 23.7 Å². The highest BCUT2D eigenvalue weighted by atomic mass is 16.8. The van der Waals surface area contributed by atoms with Crippen LogP contribution in [0.25, 0.3) is 0 Å². The van der Waals surface area contributed by atoms with Crippen molar-refractivity contribution in [2.45, 2.75) is 141 Å². The van der Waals surface area contributed by atoms with Gasteiger partial charge in [-0.2, -0.15) is 0 Å². The zero-order valence-corrected chi connectivity index (χ0v) is 24.8. The molecular weight excluding hydrogens is 496 g/mol. The van der Waals surface area contributed by atoms with Gasteiger partial charge in [-0.25, -0.2) is 4.79 Å². The fourth-order valence-corrected chi connectivity index (χ4v) is 10.2. The van der Waals surface area contributed by atoms with E-state index in [1.807, 2.05) is 19.9 Å². The van der Waals surface area contributed by atoms with E-state index in [0.717, 1.165) is 64.2 Å². The molecule has 1 N–H and O–H groups in total. The Morgan fingerprint density at radius 1 is 0.949 bits per heavy atom. The van der Waals surface area contributed by atoms with Crippen LogP contribution in [0, 0.1) is 34.5 Å². The van der Waals surface area contributed by atoms with E-state index in [2.05, 4.69) is 20.8 Å². The lowest BCUT2D eigenvalue weighted by atomic mass is 9.43. The maximum atomic E-state index is 12.4. The number of ether oxygens (including phenoxy) is 5. The first kappa shape index (κ1) is 28.1. The third kappa shape index (κ3) is 4.54. The number of esters is 1. The first-order valence-electron chi connectivity index (χ1n) is 15.5. The molecular formula is C32H50O7.